The van der Waals surface area contributed by atoms with Crippen molar-refractivity contribution in [2.75, 3.05) is 18.5 Å². The summed E-state index contributed by atoms with van der Waals surface area (Å²) in [6, 6.07) is 13.4. The topological polar surface area (TPSA) is 75.3 Å². The third-order valence-electron chi connectivity index (χ3n) is 4.21. The van der Waals surface area contributed by atoms with E-state index in [0.717, 1.165) is 27.0 Å². The van der Waals surface area contributed by atoms with Gasteiger partial charge in [-0.05, 0) is 30.7 Å². The van der Waals surface area contributed by atoms with E-state index in [0.29, 0.717) is 18.0 Å². The van der Waals surface area contributed by atoms with Gasteiger partial charge in [0.15, 0.2) is 0 Å². The van der Waals surface area contributed by atoms with Crippen molar-refractivity contribution in [2.45, 2.75) is 6.42 Å². The standard InChI is InChI=1S/C19H18ClN5OS/c20-15-6-4-14(5-7-15)17-11-25-19(23-17)27-18(24-25)22-10-13(12-26)9-16-3-1-2-8-21-16/h1-8,11,13,26H,9-10,12H2,(H,22,24). The monoisotopic (exact) mass is 399 g/mol. The Morgan fingerprint density at radius 3 is 2.74 bits per heavy atom. The van der Waals surface area contributed by atoms with Crippen molar-refractivity contribution in [3.63, 3.8) is 0 Å². The molecule has 6 nitrogen and oxygen atoms in total. The highest BCUT2D eigenvalue weighted by Crippen LogP contribution is 2.25. The number of hydrogen-bond acceptors (Lipinski definition) is 6. The fraction of sp³-hybridized carbons (Fsp3) is 0.211. The molecule has 0 aliphatic carbocycles. The third kappa shape index (κ3) is 4.27. The minimum Gasteiger partial charge on any atom is -0.396 e. The Balaban J connectivity index is 1.42. The first-order valence-electron chi connectivity index (χ1n) is 8.58. The molecule has 1 aromatic carbocycles. The van der Waals surface area contributed by atoms with E-state index in [1.54, 1.807) is 10.7 Å². The van der Waals surface area contributed by atoms with Crippen LogP contribution in [-0.4, -0.2) is 37.8 Å². The van der Waals surface area contributed by atoms with E-state index in [4.69, 9.17) is 11.6 Å². The van der Waals surface area contributed by atoms with E-state index in [9.17, 15) is 5.11 Å². The van der Waals surface area contributed by atoms with Gasteiger partial charge in [-0.2, -0.15) is 0 Å². The van der Waals surface area contributed by atoms with Gasteiger partial charge in [-0.25, -0.2) is 9.50 Å². The van der Waals surface area contributed by atoms with Gasteiger partial charge < -0.3 is 10.4 Å². The Morgan fingerprint density at radius 2 is 2.04 bits per heavy atom. The second kappa shape index (κ2) is 8.04. The van der Waals surface area contributed by atoms with Crippen LogP contribution in [0.15, 0.2) is 54.9 Å². The van der Waals surface area contributed by atoms with Gasteiger partial charge in [0.25, 0.3) is 0 Å². The molecule has 4 rings (SSSR count). The maximum absolute atomic E-state index is 9.64. The molecule has 27 heavy (non-hydrogen) atoms. The molecule has 0 saturated carbocycles. The lowest BCUT2D eigenvalue weighted by Crippen LogP contribution is -2.20. The number of imidazole rings is 1. The fourth-order valence-electron chi connectivity index (χ4n) is 2.78. The first-order valence-corrected chi connectivity index (χ1v) is 9.77. The van der Waals surface area contributed by atoms with E-state index in [2.05, 4.69) is 20.4 Å². The quantitative estimate of drug-likeness (QED) is 0.494. The number of halogens is 1. The van der Waals surface area contributed by atoms with Crippen LogP contribution in [0, 0.1) is 5.92 Å². The summed E-state index contributed by atoms with van der Waals surface area (Å²) in [5.41, 5.74) is 2.84. The largest absolute Gasteiger partial charge is 0.396 e. The number of nitrogens with zero attached hydrogens (tertiary/aromatic N) is 4. The first-order chi connectivity index (χ1) is 13.2. The molecule has 1 unspecified atom stereocenters. The van der Waals surface area contributed by atoms with Gasteiger partial charge in [0, 0.05) is 41.5 Å². The Morgan fingerprint density at radius 1 is 1.19 bits per heavy atom. The van der Waals surface area contributed by atoms with Crippen LogP contribution in [0.3, 0.4) is 0 Å². The normalized spacial score (nSPS) is 12.4. The van der Waals surface area contributed by atoms with Crippen LogP contribution in [0.1, 0.15) is 5.69 Å². The molecule has 0 aliphatic heterocycles. The number of fused-ring (bicyclic) bond motifs is 1. The molecule has 0 spiro atoms. The van der Waals surface area contributed by atoms with Crippen molar-refractivity contribution in [1.82, 2.24) is 19.6 Å². The van der Waals surface area contributed by atoms with Gasteiger partial charge in [0.2, 0.25) is 10.1 Å². The highest BCUT2D eigenvalue weighted by Gasteiger charge is 2.13. The van der Waals surface area contributed by atoms with Crippen LogP contribution in [0.25, 0.3) is 16.2 Å². The fourth-order valence-corrected chi connectivity index (χ4v) is 3.69. The SMILES string of the molecule is OCC(CNc1nn2cc(-c3ccc(Cl)cc3)nc2s1)Cc1ccccn1. The highest BCUT2D eigenvalue weighted by molar-refractivity contribution is 7.20. The summed E-state index contributed by atoms with van der Waals surface area (Å²) in [4.78, 5) is 9.76. The van der Waals surface area contributed by atoms with Crippen LogP contribution in [0.4, 0.5) is 5.13 Å². The molecular weight excluding hydrogens is 382 g/mol. The number of hydrogen-bond donors (Lipinski definition) is 2. The summed E-state index contributed by atoms with van der Waals surface area (Å²) in [5.74, 6) is 0.0701. The van der Waals surface area contributed by atoms with E-state index in [1.807, 2.05) is 48.7 Å². The second-order valence-corrected chi connectivity index (χ2v) is 7.61. The van der Waals surface area contributed by atoms with Crippen molar-refractivity contribution >= 4 is 33.0 Å². The Labute approximate surface area is 165 Å². The zero-order chi connectivity index (χ0) is 18.6. The van der Waals surface area contributed by atoms with E-state index in [1.165, 1.54) is 11.3 Å². The van der Waals surface area contributed by atoms with Crippen molar-refractivity contribution in [1.29, 1.82) is 0 Å². The van der Waals surface area contributed by atoms with Gasteiger partial charge in [-0.15, -0.1) is 5.10 Å². The molecule has 1 atom stereocenters. The molecule has 2 N–H and O–H groups in total. The summed E-state index contributed by atoms with van der Waals surface area (Å²) in [6.07, 6.45) is 4.39. The van der Waals surface area contributed by atoms with Crippen LogP contribution in [-0.2, 0) is 6.42 Å². The number of aliphatic hydroxyl groups is 1. The summed E-state index contributed by atoms with van der Waals surface area (Å²) < 4.78 is 1.77. The van der Waals surface area contributed by atoms with E-state index < -0.39 is 0 Å². The van der Waals surface area contributed by atoms with Crippen molar-refractivity contribution < 1.29 is 5.11 Å². The lowest BCUT2D eigenvalue weighted by Gasteiger charge is -2.13. The predicted molar refractivity (Wildman–Crippen MR) is 108 cm³/mol. The van der Waals surface area contributed by atoms with Crippen LogP contribution >= 0.6 is 22.9 Å². The molecule has 0 radical (unpaired) electrons. The number of aromatic nitrogens is 4. The number of benzene rings is 1. The number of nitrogens with one attached hydrogen (secondary N) is 1. The van der Waals surface area contributed by atoms with E-state index in [-0.39, 0.29) is 12.5 Å². The maximum atomic E-state index is 9.64. The zero-order valence-electron chi connectivity index (χ0n) is 14.4. The molecule has 0 saturated heterocycles. The molecule has 0 bridgehead atoms. The van der Waals surface area contributed by atoms with Gasteiger partial charge in [0.1, 0.15) is 0 Å². The van der Waals surface area contributed by atoms with Gasteiger partial charge in [-0.3, -0.25) is 4.98 Å². The maximum Gasteiger partial charge on any atom is 0.214 e. The molecule has 0 fully saturated rings. The molecule has 0 aliphatic rings. The second-order valence-electron chi connectivity index (χ2n) is 6.22. The molecular formula is C19H18ClN5OS. The van der Waals surface area contributed by atoms with Gasteiger partial charge in [-0.1, -0.05) is 41.1 Å². The molecule has 3 heterocycles. The van der Waals surface area contributed by atoms with Gasteiger partial charge in [0.05, 0.1) is 11.9 Å². The molecule has 3 aromatic heterocycles. The Bertz CT molecular complexity index is 984. The van der Waals surface area contributed by atoms with Gasteiger partial charge >= 0.3 is 0 Å². The van der Waals surface area contributed by atoms with Crippen LogP contribution in [0.2, 0.25) is 5.02 Å². The summed E-state index contributed by atoms with van der Waals surface area (Å²) in [7, 11) is 0. The smallest absolute Gasteiger partial charge is 0.214 e. The van der Waals surface area contributed by atoms with Crippen LogP contribution in [0.5, 0.6) is 0 Å². The average Bonchev–Trinajstić information content (AvgIpc) is 3.25. The minimum atomic E-state index is 0.0701. The van der Waals surface area contributed by atoms with Crippen molar-refractivity contribution in [3.05, 3.63) is 65.6 Å². The minimum absolute atomic E-state index is 0.0701. The molecule has 0 amide bonds. The zero-order valence-corrected chi connectivity index (χ0v) is 16.0. The third-order valence-corrected chi connectivity index (χ3v) is 5.34. The lowest BCUT2D eigenvalue weighted by molar-refractivity contribution is 0.232. The number of anilines is 1. The summed E-state index contributed by atoms with van der Waals surface area (Å²) >= 11 is 7.42. The molecule has 4 aromatic rings. The number of rotatable bonds is 7. The predicted octanol–water partition coefficient (Wildman–Crippen LogP) is 3.77. The Kier molecular flexibility index (Phi) is 5.33. The average molecular weight is 400 g/mol. The highest BCUT2D eigenvalue weighted by atomic mass is 35.5. The molecule has 138 valence electrons. The number of pyridine rings is 1. The van der Waals surface area contributed by atoms with Crippen molar-refractivity contribution in [2.24, 2.45) is 5.92 Å². The number of aliphatic hydroxyl groups excluding tert-OH is 1. The summed E-state index contributed by atoms with van der Waals surface area (Å²) in [5, 5.41) is 18.9. The van der Waals surface area contributed by atoms with E-state index >= 15 is 0 Å². The van der Waals surface area contributed by atoms with Crippen molar-refractivity contribution in [3.8, 4) is 11.3 Å². The summed E-state index contributed by atoms with van der Waals surface area (Å²) in [6.45, 7) is 0.709. The first kappa shape index (κ1) is 17.9. The Hall–Kier alpha value is -2.48. The van der Waals surface area contributed by atoms with Crippen LogP contribution < -0.4 is 5.32 Å². The lowest BCUT2D eigenvalue weighted by atomic mass is 10.0. The molecule has 8 heteroatoms.